The Morgan fingerprint density at radius 3 is 2.47 bits per heavy atom. The molecule has 190 valence electrons. The number of carbonyl (C=O) groups excluding carboxylic acids is 1. The van der Waals surface area contributed by atoms with Crippen LogP contribution in [0.4, 0.5) is 16.3 Å². The molecule has 0 bridgehead atoms. The number of carboxylic acids is 1. The second-order valence-corrected chi connectivity index (χ2v) is 8.94. The Labute approximate surface area is 207 Å². The van der Waals surface area contributed by atoms with Gasteiger partial charge in [-0.2, -0.15) is 0 Å². The Kier molecular flexibility index (Phi) is 6.96. The van der Waals surface area contributed by atoms with Gasteiger partial charge in [0.1, 0.15) is 11.2 Å². The van der Waals surface area contributed by atoms with Crippen LogP contribution >= 0.6 is 0 Å². The topological polar surface area (TPSA) is 146 Å². The number of aromatic nitrogens is 3. The average molecular weight is 496 g/mol. The summed E-state index contributed by atoms with van der Waals surface area (Å²) in [4.78, 5) is 36.5. The third-order valence-electron chi connectivity index (χ3n) is 6.60. The fourth-order valence-corrected chi connectivity index (χ4v) is 4.67. The minimum Gasteiger partial charge on any atom is -0.480 e. The number of nitrogens with zero attached hydrogens (tertiary/aromatic N) is 5. The van der Waals surface area contributed by atoms with Crippen LogP contribution in [0.2, 0.25) is 0 Å². The average Bonchev–Trinajstić information content (AvgIpc) is 3.33. The lowest BCUT2D eigenvalue weighted by Crippen LogP contribution is -2.37. The summed E-state index contributed by atoms with van der Waals surface area (Å²) >= 11 is 0. The summed E-state index contributed by atoms with van der Waals surface area (Å²) in [6, 6.07) is 7.05. The van der Waals surface area contributed by atoms with E-state index in [-0.39, 0.29) is 18.5 Å². The van der Waals surface area contributed by atoms with Gasteiger partial charge < -0.3 is 29.9 Å². The molecule has 4 heterocycles. The van der Waals surface area contributed by atoms with E-state index in [4.69, 9.17) is 24.3 Å². The Hall–Kier alpha value is -3.77. The van der Waals surface area contributed by atoms with E-state index in [1.165, 1.54) is 0 Å². The highest BCUT2D eigenvalue weighted by molar-refractivity contribution is 5.90. The zero-order valence-electron chi connectivity index (χ0n) is 20.1. The van der Waals surface area contributed by atoms with Gasteiger partial charge in [0.2, 0.25) is 5.58 Å². The van der Waals surface area contributed by atoms with Crippen LogP contribution in [0.1, 0.15) is 24.5 Å². The van der Waals surface area contributed by atoms with Gasteiger partial charge in [-0.25, -0.2) is 14.8 Å². The van der Waals surface area contributed by atoms with Gasteiger partial charge in [0.15, 0.2) is 11.6 Å². The lowest BCUT2D eigenvalue weighted by atomic mass is 9.93. The number of benzene rings is 1. The summed E-state index contributed by atoms with van der Waals surface area (Å²) in [5.74, 6) is 0.538. The number of likely N-dealkylation sites (tertiary alicyclic amines) is 1. The highest BCUT2D eigenvalue weighted by Gasteiger charge is 2.29. The van der Waals surface area contributed by atoms with Gasteiger partial charge >= 0.3 is 12.0 Å². The first-order valence-corrected chi connectivity index (χ1v) is 12.0. The minimum absolute atomic E-state index is 0.0462. The Morgan fingerprint density at radius 1 is 1.08 bits per heavy atom. The van der Waals surface area contributed by atoms with Crippen molar-refractivity contribution in [2.75, 3.05) is 63.2 Å². The molecule has 5 rings (SSSR count). The van der Waals surface area contributed by atoms with Crippen molar-refractivity contribution in [1.82, 2.24) is 25.3 Å². The van der Waals surface area contributed by atoms with Crippen LogP contribution in [0, 0.1) is 0 Å². The molecule has 12 heteroatoms. The van der Waals surface area contributed by atoms with Crippen LogP contribution in [0.15, 0.2) is 28.8 Å². The van der Waals surface area contributed by atoms with E-state index in [9.17, 15) is 9.59 Å². The van der Waals surface area contributed by atoms with Crippen molar-refractivity contribution in [2.45, 2.75) is 18.8 Å². The predicted octanol–water partition coefficient (Wildman–Crippen LogP) is 2.14. The molecule has 2 saturated heterocycles. The van der Waals surface area contributed by atoms with E-state index < -0.39 is 5.97 Å². The molecule has 0 aliphatic carbocycles. The third kappa shape index (κ3) is 5.09. The maximum absolute atomic E-state index is 11.6. The standard InChI is InChI=1S/C24H29N7O5/c1-25-24(34)26-17-4-2-16(3-5-17)22-27-20-19(15-6-8-30(9-7-15)14-18(32)33)29-36-21(20)23(28-22)31-10-12-35-13-11-31/h2-5,15H,6-14H2,1H3,(H,32,33)(H2,25,26,34). The number of morpholine rings is 1. The van der Waals surface area contributed by atoms with E-state index in [1.807, 2.05) is 17.0 Å². The number of ether oxygens (including phenoxy) is 1. The molecule has 3 N–H and O–H groups in total. The summed E-state index contributed by atoms with van der Waals surface area (Å²) in [6.45, 7) is 3.98. The first kappa shape index (κ1) is 23.9. The first-order valence-electron chi connectivity index (χ1n) is 12.0. The maximum atomic E-state index is 11.6. The van der Waals surface area contributed by atoms with E-state index in [0.29, 0.717) is 67.8 Å². The Balaban J connectivity index is 1.49. The second-order valence-electron chi connectivity index (χ2n) is 8.94. The van der Waals surface area contributed by atoms with Crippen LogP contribution in [-0.4, -0.2) is 90.1 Å². The first-order chi connectivity index (χ1) is 17.5. The number of aliphatic carboxylic acids is 1. The number of anilines is 2. The Bertz CT molecular complexity index is 1230. The lowest BCUT2D eigenvalue weighted by molar-refractivity contribution is -0.138. The quantitative estimate of drug-likeness (QED) is 0.465. The second kappa shape index (κ2) is 10.5. The SMILES string of the molecule is CNC(=O)Nc1ccc(-c2nc(N3CCOCC3)c3onc(C4CCN(CC(=O)O)CC4)c3n2)cc1. The molecule has 2 aliphatic rings. The molecule has 0 unspecified atom stereocenters. The van der Waals surface area contributed by atoms with Crippen molar-refractivity contribution in [2.24, 2.45) is 0 Å². The van der Waals surface area contributed by atoms with Gasteiger partial charge in [0, 0.05) is 37.3 Å². The molecule has 0 atom stereocenters. The molecule has 0 spiro atoms. The van der Waals surface area contributed by atoms with Crippen molar-refractivity contribution in [1.29, 1.82) is 0 Å². The molecule has 12 nitrogen and oxygen atoms in total. The molecule has 0 saturated carbocycles. The number of hydrogen-bond acceptors (Lipinski definition) is 9. The van der Waals surface area contributed by atoms with Crippen LogP contribution in [0.25, 0.3) is 22.5 Å². The molecule has 2 amide bonds. The number of hydrogen-bond donors (Lipinski definition) is 3. The van der Waals surface area contributed by atoms with Gasteiger partial charge in [0.25, 0.3) is 0 Å². The van der Waals surface area contributed by atoms with Gasteiger partial charge in [-0.05, 0) is 50.2 Å². The lowest BCUT2D eigenvalue weighted by Gasteiger charge is -2.29. The van der Waals surface area contributed by atoms with Crippen molar-refractivity contribution >= 4 is 34.6 Å². The molecule has 3 aromatic rings. The molecule has 2 fully saturated rings. The maximum Gasteiger partial charge on any atom is 0.318 e. The van der Waals surface area contributed by atoms with Gasteiger partial charge in [-0.3, -0.25) is 9.69 Å². The number of carboxylic acid groups (broad SMARTS) is 1. The number of carbonyl (C=O) groups is 2. The van der Waals surface area contributed by atoms with Crippen LogP contribution in [-0.2, 0) is 9.53 Å². The highest BCUT2D eigenvalue weighted by atomic mass is 16.5. The summed E-state index contributed by atoms with van der Waals surface area (Å²) in [5, 5.41) is 18.8. The van der Waals surface area contributed by atoms with Crippen molar-refractivity contribution in [3.63, 3.8) is 0 Å². The van der Waals surface area contributed by atoms with E-state index in [1.54, 1.807) is 19.2 Å². The number of piperidine rings is 1. The Morgan fingerprint density at radius 2 is 1.81 bits per heavy atom. The molecule has 2 aliphatic heterocycles. The summed E-state index contributed by atoms with van der Waals surface area (Å²) in [6.07, 6.45) is 1.56. The number of nitrogens with one attached hydrogen (secondary N) is 2. The zero-order chi connectivity index (χ0) is 25.1. The summed E-state index contributed by atoms with van der Waals surface area (Å²) in [5.41, 5.74) is 3.49. The van der Waals surface area contributed by atoms with Gasteiger partial charge in [-0.1, -0.05) is 5.16 Å². The van der Waals surface area contributed by atoms with Gasteiger partial charge in [0.05, 0.1) is 19.8 Å². The molecule has 36 heavy (non-hydrogen) atoms. The van der Waals surface area contributed by atoms with Crippen LogP contribution < -0.4 is 15.5 Å². The molecule has 1 aromatic carbocycles. The molecular weight excluding hydrogens is 466 g/mol. The number of urea groups is 1. The van der Waals surface area contributed by atoms with Crippen molar-refractivity contribution < 1.29 is 24.0 Å². The molecular formula is C24H29N7O5. The van der Waals surface area contributed by atoms with E-state index in [2.05, 4.69) is 20.7 Å². The smallest absolute Gasteiger partial charge is 0.318 e. The third-order valence-corrected chi connectivity index (χ3v) is 6.60. The largest absolute Gasteiger partial charge is 0.480 e. The number of rotatable bonds is 6. The fourth-order valence-electron chi connectivity index (χ4n) is 4.67. The number of amides is 2. The van der Waals surface area contributed by atoms with Gasteiger partial charge in [-0.15, -0.1) is 0 Å². The minimum atomic E-state index is -0.815. The molecule has 2 aromatic heterocycles. The monoisotopic (exact) mass is 495 g/mol. The van der Waals surface area contributed by atoms with Crippen molar-refractivity contribution in [3.05, 3.63) is 30.0 Å². The summed E-state index contributed by atoms with van der Waals surface area (Å²) < 4.78 is 11.3. The summed E-state index contributed by atoms with van der Waals surface area (Å²) in [7, 11) is 1.56. The fraction of sp³-hybridized carbons (Fsp3) is 0.458. The zero-order valence-corrected chi connectivity index (χ0v) is 20.1. The normalized spacial score (nSPS) is 17.3. The molecule has 0 radical (unpaired) electrons. The van der Waals surface area contributed by atoms with Crippen LogP contribution in [0.5, 0.6) is 0 Å². The predicted molar refractivity (Wildman–Crippen MR) is 132 cm³/mol. The number of fused-ring (bicyclic) bond motifs is 1. The highest BCUT2D eigenvalue weighted by Crippen LogP contribution is 2.36. The van der Waals surface area contributed by atoms with Crippen LogP contribution in [0.3, 0.4) is 0 Å². The van der Waals surface area contributed by atoms with E-state index in [0.717, 1.165) is 24.1 Å². The van der Waals surface area contributed by atoms with Crippen molar-refractivity contribution in [3.8, 4) is 11.4 Å². The van der Waals surface area contributed by atoms with E-state index >= 15 is 0 Å².